The summed E-state index contributed by atoms with van der Waals surface area (Å²) in [6.45, 7) is 2.72. The van der Waals surface area contributed by atoms with Gasteiger partial charge in [-0.15, -0.1) is 0 Å². The Morgan fingerprint density at radius 2 is 2.39 bits per heavy atom. The van der Waals surface area contributed by atoms with Gasteiger partial charge in [0.15, 0.2) is 12.0 Å². The number of carbonyl (C=O) groups is 1. The smallest absolute Gasteiger partial charge is 0.308 e. The van der Waals surface area contributed by atoms with Crippen LogP contribution in [0, 0.1) is 5.92 Å². The summed E-state index contributed by atoms with van der Waals surface area (Å²) < 4.78 is 5.20. The quantitative estimate of drug-likeness (QED) is 0.879. The van der Waals surface area contributed by atoms with E-state index < -0.39 is 5.97 Å². The Morgan fingerprint density at radius 1 is 1.56 bits per heavy atom. The second kappa shape index (κ2) is 4.01. The third kappa shape index (κ3) is 1.63. The molecule has 94 valence electrons. The first kappa shape index (κ1) is 11.1. The molecular formula is C13H14N2O3. The molecule has 1 aliphatic rings. The van der Waals surface area contributed by atoms with Crippen LogP contribution in [0.25, 0.3) is 11.1 Å². The fraction of sp³-hybridized carbons (Fsp3) is 0.385. The average Bonchev–Trinajstić information content (AvgIpc) is 2.93. The number of aliphatic carboxylic acids is 1. The van der Waals surface area contributed by atoms with Gasteiger partial charge in [0.1, 0.15) is 5.52 Å². The van der Waals surface area contributed by atoms with Crippen molar-refractivity contribution in [2.45, 2.75) is 19.4 Å². The molecule has 0 bridgehead atoms. The number of fused-ring (bicyclic) bond motifs is 1. The predicted octanol–water partition coefficient (Wildman–Crippen LogP) is 2.13. The molecule has 0 spiro atoms. The summed E-state index contributed by atoms with van der Waals surface area (Å²) in [5.41, 5.74) is 2.56. The van der Waals surface area contributed by atoms with E-state index in [1.165, 1.54) is 6.39 Å². The zero-order valence-corrected chi connectivity index (χ0v) is 10.0. The summed E-state index contributed by atoms with van der Waals surface area (Å²) in [6, 6.07) is 5.78. The number of aromatic nitrogens is 1. The normalized spacial score (nSPS) is 23.7. The number of oxazole rings is 1. The largest absolute Gasteiger partial charge is 0.481 e. The molecule has 5 nitrogen and oxygen atoms in total. The summed E-state index contributed by atoms with van der Waals surface area (Å²) in [5.74, 6) is -1.01. The molecule has 1 aromatic carbocycles. The Labute approximate surface area is 104 Å². The maximum atomic E-state index is 11.1. The second-order valence-electron chi connectivity index (χ2n) is 4.67. The highest BCUT2D eigenvalue weighted by Gasteiger charge is 2.35. The van der Waals surface area contributed by atoms with Gasteiger partial charge in [0.2, 0.25) is 0 Å². The topological polar surface area (TPSA) is 66.6 Å². The number of anilines is 1. The molecule has 1 N–H and O–H groups in total. The molecule has 5 heteroatoms. The number of hydrogen-bond acceptors (Lipinski definition) is 4. The van der Waals surface area contributed by atoms with Crippen molar-refractivity contribution in [3.05, 3.63) is 24.6 Å². The highest BCUT2D eigenvalue weighted by atomic mass is 16.4. The Balaban J connectivity index is 1.93. The van der Waals surface area contributed by atoms with E-state index in [1.807, 2.05) is 25.1 Å². The summed E-state index contributed by atoms with van der Waals surface area (Å²) in [6.07, 6.45) is 2.11. The van der Waals surface area contributed by atoms with Crippen LogP contribution >= 0.6 is 0 Å². The van der Waals surface area contributed by atoms with Gasteiger partial charge in [-0.1, -0.05) is 0 Å². The second-order valence-corrected chi connectivity index (χ2v) is 4.67. The molecule has 0 unspecified atom stereocenters. The van der Waals surface area contributed by atoms with Crippen molar-refractivity contribution in [1.82, 2.24) is 4.98 Å². The number of carboxylic acids is 1. The van der Waals surface area contributed by atoms with Gasteiger partial charge in [0.25, 0.3) is 0 Å². The predicted molar refractivity (Wildman–Crippen MR) is 66.6 cm³/mol. The minimum absolute atomic E-state index is 0.00634. The van der Waals surface area contributed by atoms with E-state index in [9.17, 15) is 4.79 Å². The van der Waals surface area contributed by atoms with Crippen molar-refractivity contribution < 1.29 is 14.3 Å². The van der Waals surface area contributed by atoms with Crippen LogP contribution in [0.2, 0.25) is 0 Å². The number of rotatable bonds is 2. The van der Waals surface area contributed by atoms with Crippen LogP contribution in [-0.4, -0.2) is 28.6 Å². The van der Waals surface area contributed by atoms with Crippen molar-refractivity contribution in [2.75, 3.05) is 11.4 Å². The summed E-state index contributed by atoms with van der Waals surface area (Å²) in [5, 5.41) is 9.13. The van der Waals surface area contributed by atoms with Gasteiger partial charge < -0.3 is 14.4 Å². The molecule has 0 radical (unpaired) electrons. The van der Waals surface area contributed by atoms with E-state index in [2.05, 4.69) is 9.88 Å². The minimum Gasteiger partial charge on any atom is -0.481 e. The number of benzene rings is 1. The van der Waals surface area contributed by atoms with Gasteiger partial charge >= 0.3 is 5.97 Å². The van der Waals surface area contributed by atoms with Crippen LogP contribution < -0.4 is 4.90 Å². The molecular weight excluding hydrogens is 232 g/mol. The fourth-order valence-corrected chi connectivity index (χ4v) is 2.66. The lowest BCUT2D eigenvalue weighted by Crippen LogP contribution is -2.32. The van der Waals surface area contributed by atoms with Crippen LogP contribution in [0.3, 0.4) is 0 Å². The van der Waals surface area contributed by atoms with Gasteiger partial charge in [-0.25, -0.2) is 4.98 Å². The van der Waals surface area contributed by atoms with E-state index in [1.54, 1.807) is 0 Å². The molecule has 2 atom stereocenters. The molecule has 2 aromatic rings. The molecule has 3 rings (SSSR count). The highest BCUT2D eigenvalue weighted by Crippen LogP contribution is 2.31. The van der Waals surface area contributed by atoms with Crippen molar-refractivity contribution in [2.24, 2.45) is 5.92 Å². The first-order chi connectivity index (χ1) is 8.66. The first-order valence-electron chi connectivity index (χ1n) is 5.99. The third-order valence-electron chi connectivity index (χ3n) is 3.72. The molecule has 1 saturated heterocycles. The van der Waals surface area contributed by atoms with E-state index in [0.717, 1.165) is 23.3 Å². The van der Waals surface area contributed by atoms with E-state index in [0.29, 0.717) is 6.42 Å². The summed E-state index contributed by atoms with van der Waals surface area (Å²) >= 11 is 0. The lowest BCUT2D eigenvalue weighted by molar-refractivity contribution is -0.141. The fourth-order valence-electron chi connectivity index (χ4n) is 2.66. The molecule has 1 aromatic heterocycles. The number of nitrogens with zero attached hydrogens (tertiary/aromatic N) is 2. The Hall–Kier alpha value is -2.04. The van der Waals surface area contributed by atoms with E-state index in [4.69, 9.17) is 9.52 Å². The Morgan fingerprint density at radius 3 is 3.11 bits per heavy atom. The molecule has 1 fully saturated rings. The van der Waals surface area contributed by atoms with E-state index in [-0.39, 0.29) is 12.0 Å². The summed E-state index contributed by atoms with van der Waals surface area (Å²) in [7, 11) is 0. The maximum absolute atomic E-state index is 11.1. The average molecular weight is 246 g/mol. The highest BCUT2D eigenvalue weighted by molar-refractivity contribution is 5.78. The SMILES string of the molecule is C[C@@H]1[C@@H](C(=O)O)CCN1c1ccc2ocnc2c1. The molecule has 0 aliphatic carbocycles. The molecule has 18 heavy (non-hydrogen) atoms. The third-order valence-corrected chi connectivity index (χ3v) is 3.72. The van der Waals surface area contributed by atoms with Crippen molar-refractivity contribution in [1.29, 1.82) is 0 Å². The van der Waals surface area contributed by atoms with Crippen molar-refractivity contribution in [3.8, 4) is 0 Å². The molecule has 1 aliphatic heterocycles. The zero-order valence-electron chi connectivity index (χ0n) is 10.0. The standard InChI is InChI=1S/C13H14N2O3/c1-8-10(13(16)17)4-5-15(8)9-2-3-12-11(6-9)14-7-18-12/h2-3,6-8,10H,4-5H2,1H3,(H,16,17)/t8-,10+/m1/s1. The minimum atomic E-state index is -0.715. The van der Waals surface area contributed by atoms with Crippen LogP contribution in [0.1, 0.15) is 13.3 Å². The molecule has 0 saturated carbocycles. The van der Waals surface area contributed by atoms with Gasteiger partial charge in [0.05, 0.1) is 5.92 Å². The number of carboxylic acid groups (broad SMARTS) is 1. The monoisotopic (exact) mass is 246 g/mol. The number of hydrogen-bond donors (Lipinski definition) is 1. The Bertz CT molecular complexity index is 593. The van der Waals surface area contributed by atoms with Crippen LogP contribution in [0.5, 0.6) is 0 Å². The van der Waals surface area contributed by atoms with Gasteiger partial charge in [-0.3, -0.25) is 4.79 Å². The Kier molecular flexibility index (Phi) is 2.47. The zero-order chi connectivity index (χ0) is 12.7. The van der Waals surface area contributed by atoms with Gasteiger partial charge in [-0.05, 0) is 31.5 Å². The van der Waals surface area contributed by atoms with Gasteiger partial charge in [0, 0.05) is 18.3 Å². The van der Waals surface area contributed by atoms with Crippen molar-refractivity contribution >= 4 is 22.8 Å². The lowest BCUT2D eigenvalue weighted by Gasteiger charge is -2.25. The summed E-state index contributed by atoms with van der Waals surface area (Å²) in [4.78, 5) is 17.3. The maximum Gasteiger partial charge on any atom is 0.308 e. The van der Waals surface area contributed by atoms with Crippen LogP contribution in [0.4, 0.5) is 5.69 Å². The van der Waals surface area contributed by atoms with Crippen LogP contribution in [0.15, 0.2) is 29.0 Å². The van der Waals surface area contributed by atoms with Crippen molar-refractivity contribution in [3.63, 3.8) is 0 Å². The molecule has 2 heterocycles. The van der Waals surface area contributed by atoms with E-state index >= 15 is 0 Å². The van der Waals surface area contributed by atoms with Gasteiger partial charge in [-0.2, -0.15) is 0 Å². The molecule has 0 amide bonds. The lowest BCUT2D eigenvalue weighted by atomic mass is 10.0. The van der Waals surface area contributed by atoms with Crippen LogP contribution in [-0.2, 0) is 4.79 Å². The first-order valence-corrected chi connectivity index (χ1v) is 5.99.